The maximum Gasteiger partial charge on any atom is 0.162 e. The van der Waals surface area contributed by atoms with Gasteiger partial charge in [-0.25, -0.2) is 0 Å². The molecule has 0 saturated heterocycles. The van der Waals surface area contributed by atoms with E-state index in [0.717, 1.165) is 16.7 Å². The fraction of sp³-hybridized carbons (Fsp3) is 0.235. The number of benzene rings is 2. The van der Waals surface area contributed by atoms with Crippen LogP contribution in [0.5, 0.6) is 0 Å². The summed E-state index contributed by atoms with van der Waals surface area (Å²) in [6.45, 7) is 2.54. The lowest BCUT2D eigenvalue weighted by Crippen LogP contribution is -2.11. The normalized spacial score (nSPS) is 10.5. The lowest BCUT2D eigenvalue weighted by atomic mass is 10.1. The summed E-state index contributed by atoms with van der Waals surface area (Å²) in [6.07, 6.45) is 0.313. The van der Waals surface area contributed by atoms with E-state index in [1.807, 2.05) is 55.5 Å². The number of aryl methyl sites for hydroxylation is 1. The van der Waals surface area contributed by atoms with Crippen molar-refractivity contribution >= 4 is 17.4 Å². The van der Waals surface area contributed by atoms with E-state index < -0.39 is 0 Å². The number of halogens is 1. The third-order valence-electron chi connectivity index (χ3n) is 2.97. The number of hydrogen-bond donors (Lipinski definition) is 0. The Labute approximate surface area is 124 Å². The van der Waals surface area contributed by atoms with Crippen LogP contribution in [0.2, 0.25) is 5.02 Å². The van der Waals surface area contributed by atoms with Crippen LogP contribution in [-0.2, 0) is 22.6 Å². The molecule has 0 aliphatic rings. The van der Waals surface area contributed by atoms with Gasteiger partial charge in [0.2, 0.25) is 0 Å². The maximum atomic E-state index is 11.9. The number of Topliss-reactive ketones (excluding diaryl/α,β-unsaturated/α-hetero) is 1. The van der Waals surface area contributed by atoms with Gasteiger partial charge in [0.25, 0.3) is 0 Å². The lowest BCUT2D eigenvalue weighted by Gasteiger charge is -2.06. The summed E-state index contributed by atoms with van der Waals surface area (Å²) in [5.41, 5.74) is 3.01. The molecule has 0 spiro atoms. The van der Waals surface area contributed by atoms with E-state index in [9.17, 15) is 4.79 Å². The number of ketones is 1. The van der Waals surface area contributed by atoms with Crippen molar-refractivity contribution in [2.45, 2.75) is 20.0 Å². The number of hydrogen-bond acceptors (Lipinski definition) is 2. The molecular weight excluding hydrogens is 272 g/mol. The minimum atomic E-state index is 0.0340. The molecule has 0 N–H and O–H groups in total. The van der Waals surface area contributed by atoms with Gasteiger partial charge in [0.05, 0.1) is 6.61 Å². The Balaban J connectivity index is 1.81. The molecule has 2 nitrogen and oxygen atoms in total. The smallest absolute Gasteiger partial charge is 0.162 e. The molecule has 0 aromatic heterocycles. The van der Waals surface area contributed by atoms with E-state index in [0.29, 0.717) is 18.1 Å². The second-order valence-corrected chi connectivity index (χ2v) is 5.20. The van der Waals surface area contributed by atoms with Gasteiger partial charge in [-0.3, -0.25) is 4.79 Å². The van der Waals surface area contributed by atoms with Crippen LogP contribution in [0.1, 0.15) is 16.7 Å². The Morgan fingerprint density at radius 1 is 1.15 bits per heavy atom. The number of carbonyl (C=O) groups excluding carboxylic acids is 1. The Morgan fingerprint density at radius 2 is 1.90 bits per heavy atom. The van der Waals surface area contributed by atoms with Crippen molar-refractivity contribution in [3.05, 3.63) is 70.2 Å². The third-order valence-corrected chi connectivity index (χ3v) is 3.32. The van der Waals surface area contributed by atoms with Gasteiger partial charge in [-0.2, -0.15) is 0 Å². The van der Waals surface area contributed by atoms with Crippen LogP contribution in [0.15, 0.2) is 48.5 Å². The first kappa shape index (κ1) is 14.8. The first-order valence-electron chi connectivity index (χ1n) is 6.53. The van der Waals surface area contributed by atoms with Gasteiger partial charge in [0.1, 0.15) is 6.61 Å². The highest BCUT2D eigenvalue weighted by Gasteiger charge is 2.07. The Hall–Kier alpha value is -1.64. The third kappa shape index (κ3) is 4.48. The minimum Gasteiger partial charge on any atom is -0.369 e. The van der Waals surface area contributed by atoms with Crippen LogP contribution in [0.25, 0.3) is 0 Å². The summed E-state index contributed by atoms with van der Waals surface area (Å²) in [4.78, 5) is 11.9. The van der Waals surface area contributed by atoms with Crippen molar-refractivity contribution < 1.29 is 9.53 Å². The standard InChI is InChI=1S/C17H17ClO2/c1-13-7-8-15(17(18)9-13)10-16(19)12-20-11-14-5-3-2-4-6-14/h2-9H,10-12H2,1H3. The van der Waals surface area contributed by atoms with Gasteiger partial charge < -0.3 is 4.74 Å². The molecule has 104 valence electrons. The van der Waals surface area contributed by atoms with Gasteiger partial charge >= 0.3 is 0 Å². The van der Waals surface area contributed by atoms with Gasteiger partial charge in [0, 0.05) is 11.4 Å². The highest BCUT2D eigenvalue weighted by atomic mass is 35.5. The van der Waals surface area contributed by atoms with Gasteiger partial charge in [-0.15, -0.1) is 0 Å². The highest BCUT2D eigenvalue weighted by Crippen LogP contribution is 2.18. The largest absolute Gasteiger partial charge is 0.369 e. The van der Waals surface area contributed by atoms with Crippen molar-refractivity contribution in [1.29, 1.82) is 0 Å². The summed E-state index contributed by atoms with van der Waals surface area (Å²) < 4.78 is 5.42. The van der Waals surface area contributed by atoms with E-state index in [4.69, 9.17) is 16.3 Å². The zero-order chi connectivity index (χ0) is 14.4. The Bertz CT molecular complexity index is 579. The fourth-order valence-electron chi connectivity index (χ4n) is 1.92. The van der Waals surface area contributed by atoms with E-state index >= 15 is 0 Å². The molecular formula is C17H17ClO2. The summed E-state index contributed by atoms with van der Waals surface area (Å²) in [5, 5.41) is 0.640. The monoisotopic (exact) mass is 288 g/mol. The number of ether oxygens (including phenoxy) is 1. The van der Waals surface area contributed by atoms with Crippen LogP contribution in [0.3, 0.4) is 0 Å². The van der Waals surface area contributed by atoms with E-state index in [2.05, 4.69) is 0 Å². The predicted molar refractivity (Wildman–Crippen MR) is 81.0 cm³/mol. The zero-order valence-electron chi connectivity index (χ0n) is 11.4. The van der Waals surface area contributed by atoms with Crippen molar-refractivity contribution in [2.24, 2.45) is 0 Å². The maximum absolute atomic E-state index is 11.9. The highest BCUT2D eigenvalue weighted by molar-refractivity contribution is 6.31. The SMILES string of the molecule is Cc1ccc(CC(=O)COCc2ccccc2)c(Cl)c1. The predicted octanol–water partition coefficient (Wildman–Crippen LogP) is 3.98. The molecule has 0 radical (unpaired) electrons. The summed E-state index contributed by atoms with van der Waals surface area (Å²) in [5.74, 6) is 0.0340. The molecule has 2 aromatic rings. The first-order chi connectivity index (χ1) is 9.65. The molecule has 3 heteroatoms. The average Bonchev–Trinajstić information content (AvgIpc) is 2.43. The quantitative estimate of drug-likeness (QED) is 0.804. The van der Waals surface area contributed by atoms with Crippen molar-refractivity contribution in [3.63, 3.8) is 0 Å². The summed E-state index contributed by atoms with van der Waals surface area (Å²) >= 11 is 6.11. The van der Waals surface area contributed by atoms with Crippen LogP contribution < -0.4 is 0 Å². The van der Waals surface area contributed by atoms with Crippen molar-refractivity contribution in [3.8, 4) is 0 Å². The molecule has 0 aliphatic heterocycles. The average molecular weight is 289 g/mol. The molecule has 0 heterocycles. The fourth-order valence-corrected chi connectivity index (χ4v) is 2.22. The van der Waals surface area contributed by atoms with Crippen molar-refractivity contribution in [1.82, 2.24) is 0 Å². The van der Waals surface area contributed by atoms with Gasteiger partial charge in [-0.1, -0.05) is 54.1 Å². The molecule has 0 unspecified atom stereocenters. The molecule has 0 aliphatic carbocycles. The minimum absolute atomic E-state index is 0.0340. The Morgan fingerprint density at radius 3 is 2.60 bits per heavy atom. The molecule has 0 bridgehead atoms. The van der Waals surface area contributed by atoms with Crippen LogP contribution in [-0.4, -0.2) is 12.4 Å². The van der Waals surface area contributed by atoms with E-state index in [1.54, 1.807) is 0 Å². The summed E-state index contributed by atoms with van der Waals surface area (Å²) in [6, 6.07) is 15.5. The molecule has 0 atom stereocenters. The topological polar surface area (TPSA) is 26.3 Å². The van der Waals surface area contributed by atoms with Gasteiger partial charge in [-0.05, 0) is 29.7 Å². The van der Waals surface area contributed by atoms with Crippen LogP contribution in [0, 0.1) is 6.92 Å². The Kier molecular flexibility index (Phi) is 5.33. The molecule has 0 saturated carbocycles. The second-order valence-electron chi connectivity index (χ2n) is 4.79. The zero-order valence-corrected chi connectivity index (χ0v) is 12.2. The number of carbonyl (C=O) groups is 1. The van der Waals surface area contributed by atoms with E-state index in [1.165, 1.54) is 0 Å². The molecule has 0 amide bonds. The number of rotatable bonds is 6. The molecule has 2 aromatic carbocycles. The van der Waals surface area contributed by atoms with E-state index in [-0.39, 0.29) is 12.4 Å². The first-order valence-corrected chi connectivity index (χ1v) is 6.91. The molecule has 20 heavy (non-hydrogen) atoms. The lowest BCUT2D eigenvalue weighted by molar-refractivity contribution is -0.123. The second kappa shape index (κ2) is 7.22. The van der Waals surface area contributed by atoms with Crippen LogP contribution in [0.4, 0.5) is 0 Å². The van der Waals surface area contributed by atoms with Gasteiger partial charge in [0.15, 0.2) is 5.78 Å². The van der Waals surface area contributed by atoms with Crippen LogP contribution >= 0.6 is 11.6 Å². The molecule has 0 fully saturated rings. The van der Waals surface area contributed by atoms with Crippen molar-refractivity contribution in [2.75, 3.05) is 6.61 Å². The molecule has 2 rings (SSSR count). The summed E-state index contributed by atoms with van der Waals surface area (Å²) in [7, 11) is 0.